The Morgan fingerprint density at radius 1 is 1.03 bits per heavy atom. The predicted octanol–water partition coefficient (Wildman–Crippen LogP) is 6.08. The predicted molar refractivity (Wildman–Crippen MR) is 120 cm³/mol. The van der Waals surface area contributed by atoms with Gasteiger partial charge in [-0.25, -0.2) is 14.8 Å². The van der Waals surface area contributed by atoms with Gasteiger partial charge in [0.15, 0.2) is 0 Å². The number of fused-ring (bicyclic) bond motifs is 1. The minimum Gasteiger partial charge on any atom is -0.494 e. The van der Waals surface area contributed by atoms with Gasteiger partial charge in [-0.1, -0.05) is 23.9 Å². The van der Waals surface area contributed by atoms with E-state index in [2.05, 4.69) is 23.8 Å². The van der Waals surface area contributed by atoms with Crippen LogP contribution in [0, 0.1) is 13.8 Å². The van der Waals surface area contributed by atoms with Crippen molar-refractivity contribution in [2.24, 2.45) is 0 Å². The summed E-state index contributed by atoms with van der Waals surface area (Å²) in [6.45, 7) is 6.67. The van der Waals surface area contributed by atoms with Crippen LogP contribution < -0.4 is 9.47 Å². The Balaban J connectivity index is 1.61. The molecule has 0 N–H and O–H groups in total. The van der Waals surface area contributed by atoms with Crippen LogP contribution in [0.2, 0.25) is 0 Å². The largest absolute Gasteiger partial charge is 0.494 e. The third-order valence-corrected chi connectivity index (χ3v) is 6.78. The molecule has 152 valence electrons. The van der Waals surface area contributed by atoms with Crippen molar-refractivity contribution in [2.75, 3.05) is 6.61 Å². The fourth-order valence-corrected chi connectivity index (χ4v) is 5.12. The molecule has 0 amide bonds. The van der Waals surface area contributed by atoms with Gasteiger partial charge < -0.3 is 9.47 Å². The number of carbonyl (C=O) groups is 1. The number of thiophene rings is 1. The Morgan fingerprint density at radius 3 is 2.53 bits per heavy atom. The molecule has 0 atom stereocenters. The molecule has 0 fully saturated rings. The molecule has 4 rings (SSSR count). The lowest BCUT2D eigenvalue weighted by Gasteiger charge is -2.10. The van der Waals surface area contributed by atoms with E-state index < -0.39 is 5.97 Å². The van der Waals surface area contributed by atoms with E-state index in [9.17, 15) is 4.79 Å². The SMILES string of the molecule is CCOc1ccc(OC(=O)c2ccccc2Sc2ncnc3sc(C)c(C)c23)cc1. The summed E-state index contributed by atoms with van der Waals surface area (Å²) in [5, 5.41) is 1.88. The van der Waals surface area contributed by atoms with Gasteiger partial charge in [0.25, 0.3) is 0 Å². The summed E-state index contributed by atoms with van der Waals surface area (Å²) in [4.78, 5) is 24.7. The molecule has 0 radical (unpaired) electrons. The number of aryl methyl sites for hydroxylation is 2. The highest BCUT2D eigenvalue weighted by Crippen LogP contribution is 2.38. The molecule has 5 nitrogen and oxygen atoms in total. The van der Waals surface area contributed by atoms with Gasteiger partial charge in [-0.05, 0) is 62.7 Å². The van der Waals surface area contributed by atoms with Crippen molar-refractivity contribution in [3.05, 3.63) is 70.9 Å². The molecule has 0 bridgehead atoms. The molecule has 2 aromatic carbocycles. The molecule has 0 spiro atoms. The minimum absolute atomic E-state index is 0.411. The van der Waals surface area contributed by atoms with Crippen molar-refractivity contribution < 1.29 is 14.3 Å². The van der Waals surface area contributed by atoms with Crippen LogP contribution in [0.4, 0.5) is 0 Å². The molecule has 2 aromatic heterocycles. The van der Waals surface area contributed by atoms with Crippen LogP contribution in [0.3, 0.4) is 0 Å². The highest BCUT2D eigenvalue weighted by atomic mass is 32.2. The summed E-state index contributed by atoms with van der Waals surface area (Å²) >= 11 is 3.11. The second kappa shape index (κ2) is 8.85. The number of hydrogen-bond acceptors (Lipinski definition) is 7. The van der Waals surface area contributed by atoms with E-state index in [1.54, 1.807) is 48.0 Å². The third-order valence-electron chi connectivity index (χ3n) is 4.59. The topological polar surface area (TPSA) is 61.3 Å². The van der Waals surface area contributed by atoms with Crippen LogP contribution in [0.15, 0.2) is 64.8 Å². The molecule has 2 heterocycles. The van der Waals surface area contributed by atoms with Crippen LogP contribution >= 0.6 is 23.1 Å². The average Bonchev–Trinajstić information content (AvgIpc) is 3.04. The first-order valence-corrected chi connectivity index (χ1v) is 11.1. The molecule has 4 aromatic rings. The number of rotatable bonds is 6. The first-order chi connectivity index (χ1) is 14.6. The van der Waals surface area contributed by atoms with Gasteiger partial charge in [0.1, 0.15) is 27.7 Å². The molecule has 0 aliphatic rings. The highest BCUT2D eigenvalue weighted by molar-refractivity contribution is 7.99. The van der Waals surface area contributed by atoms with Crippen molar-refractivity contribution in [1.29, 1.82) is 0 Å². The third kappa shape index (κ3) is 4.17. The Bertz CT molecular complexity index is 1200. The number of carbonyl (C=O) groups excluding carboxylic acids is 1. The Kier molecular flexibility index (Phi) is 6.01. The van der Waals surface area contributed by atoms with E-state index in [1.165, 1.54) is 22.2 Å². The summed E-state index contributed by atoms with van der Waals surface area (Å²) in [6.07, 6.45) is 1.57. The minimum atomic E-state index is -0.411. The van der Waals surface area contributed by atoms with Gasteiger partial charge in [0.05, 0.1) is 12.2 Å². The van der Waals surface area contributed by atoms with Gasteiger partial charge in [0, 0.05) is 15.2 Å². The lowest BCUT2D eigenvalue weighted by molar-refractivity contribution is 0.0731. The highest BCUT2D eigenvalue weighted by Gasteiger charge is 2.18. The number of benzene rings is 2. The zero-order valence-corrected chi connectivity index (χ0v) is 18.5. The molecule has 7 heteroatoms. The van der Waals surface area contributed by atoms with Crippen molar-refractivity contribution in [1.82, 2.24) is 9.97 Å². The molecular weight excluding hydrogens is 416 g/mol. The zero-order chi connectivity index (χ0) is 21.1. The fraction of sp³-hybridized carbons (Fsp3) is 0.174. The quantitative estimate of drug-likeness (QED) is 0.207. The van der Waals surface area contributed by atoms with Crippen molar-refractivity contribution in [3.63, 3.8) is 0 Å². The number of aromatic nitrogens is 2. The van der Waals surface area contributed by atoms with Crippen molar-refractivity contribution in [3.8, 4) is 11.5 Å². The molecule has 30 heavy (non-hydrogen) atoms. The molecule has 0 unspecified atom stereocenters. The maximum absolute atomic E-state index is 12.9. The Morgan fingerprint density at radius 2 is 1.77 bits per heavy atom. The second-order valence-electron chi connectivity index (χ2n) is 6.53. The maximum atomic E-state index is 12.9. The van der Waals surface area contributed by atoms with Crippen LogP contribution in [-0.4, -0.2) is 22.5 Å². The van der Waals surface area contributed by atoms with Gasteiger partial charge in [-0.15, -0.1) is 11.3 Å². The van der Waals surface area contributed by atoms with E-state index in [4.69, 9.17) is 9.47 Å². The van der Waals surface area contributed by atoms with Gasteiger partial charge in [-0.2, -0.15) is 0 Å². The smallest absolute Gasteiger partial charge is 0.344 e. The Hall–Kier alpha value is -2.90. The number of nitrogens with zero attached hydrogens (tertiary/aromatic N) is 2. The Labute approximate surface area is 183 Å². The first-order valence-electron chi connectivity index (χ1n) is 9.49. The molecule has 0 saturated heterocycles. The fourth-order valence-electron chi connectivity index (χ4n) is 2.99. The first kappa shape index (κ1) is 20.4. The van der Waals surface area contributed by atoms with E-state index in [0.29, 0.717) is 17.9 Å². The van der Waals surface area contributed by atoms with Crippen molar-refractivity contribution >= 4 is 39.3 Å². The van der Waals surface area contributed by atoms with Crippen LogP contribution in [0.1, 0.15) is 27.7 Å². The van der Waals surface area contributed by atoms with E-state index in [1.807, 2.05) is 25.1 Å². The lowest BCUT2D eigenvalue weighted by atomic mass is 10.2. The summed E-state index contributed by atoms with van der Waals surface area (Å²) in [5.74, 6) is 0.797. The summed E-state index contributed by atoms with van der Waals surface area (Å²) < 4.78 is 11.0. The van der Waals surface area contributed by atoms with Crippen molar-refractivity contribution in [2.45, 2.75) is 30.7 Å². The van der Waals surface area contributed by atoms with E-state index in [-0.39, 0.29) is 0 Å². The molecule has 0 saturated carbocycles. The molecular formula is C23H20N2O3S2. The number of esters is 1. The summed E-state index contributed by atoms with van der Waals surface area (Å²) in [7, 11) is 0. The van der Waals surface area contributed by atoms with Crippen LogP contribution in [0.25, 0.3) is 10.2 Å². The average molecular weight is 437 g/mol. The molecule has 0 aliphatic heterocycles. The van der Waals surface area contributed by atoms with E-state index >= 15 is 0 Å². The zero-order valence-electron chi connectivity index (χ0n) is 16.8. The number of hydrogen-bond donors (Lipinski definition) is 0. The lowest BCUT2D eigenvalue weighted by Crippen LogP contribution is -2.09. The van der Waals surface area contributed by atoms with Crippen LogP contribution in [-0.2, 0) is 0 Å². The second-order valence-corrected chi connectivity index (χ2v) is 8.77. The summed E-state index contributed by atoms with van der Waals surface area (Å²) in [6, 6.07) is 14.4. The van der Waals surface area contributed by atoms with E-state index in [0.717, 1.165) is 25.9 Å². The molecule has 0 aliphatic carbocycles. The summed E-state index contributed by atoms with van der Waals surface area (Å²) in [5.41, 5.74) is 1.67. The van der Waals surface area contributed by atoms with Gasteiger partial charge >= 0.3 is 5.97 Å². The standard InChI is InChI=1S/C23H20N2O3S2/c1-4-27-16-9-11-17(12-10-16)28-23(26)18-7-5-6-8-19(18)30-22-20-14(2)15(3)29-21(20)24-13-25-22/h5-13H,4H2,1-3H3. The monoisotopic (exact) mass is 436 g/mol. The van der Waals surface area contributed by atoms with Crippen LogP contribution in [0.5, 0.6) is 11.5 Å². The maximum Gasteiger partial charge on any atom is 0.344 e. The normalized spacial score (nSPS) is 10.9. The van der Waals surface area contributed by atoms with Gasteiger partial charge in [-0.3, -0.25) is 0 Å². The van der Waals surface area contributed by atoms with Gasteiger partial charge in [0.2, 0.25) is 0 Å². The number of ether oxygens (including phenoxy) is 2.